The maximum atomic E-state index is 12.3. The highest BCUT2D eigenvalue weighted by Crippen LogP contribution is 2.24. The number of nitrogens with one attached hydrogen (secondary N) is 1. The third-order valence-electron chi connectivity index (χ3n) is 4.71. The Morgan fingerprint density at radius 2 is 1.96 bits per heavy atom. The molecule has 1 fully saturated rings. The van der Waals surface area contributed by atoms with Gasteiger partial charge in [0.1, 0.15) is 0 Å². The summed E-state index contributed by atoms with van der Waals surface area (Å²) in [6.07, 6.45) is 7.39. The zero-order chi connectivity index (χ0) is 17.9. The Kier molecular flexibility index (Phi) is 4.62. The Balaban J connectivity index is 1.51. The third kappa shape index (κ3) is 3.72. The zero-order valence-corrected chi connectivity index (χ0v) is 14.9. The minimum Gasteiger partial charge on any atom is -0.308 e. The van der Waals surface area contributed by atoms with E-state index >= 15 is 0 Å². The van der Waals surface area contributed by atoms with E-state index in [4.69, 9.17) is 0 Å². The van der Waals surface area contributed by atoms with Crippen molar-refractivity contribution in [3.8, 4) is 11.1 Å². The number of likely N-dealkylation sites (tertiary alicyclic amines) is 1. The van der Waals surface area contributed by atoms with Gasteiger partial charge in [0.25, 0.3) is 0 Å². The van der Waals surface area contributed by atoms with Crippen LogP contribution < -0.4 is 5.32 Å². The first-order chi connectivity index (χ1) is 12.7. The zero-order valence-electron chi connectivity index (χ0n) is 14.9. The van der Waals surface area contributed by atoms with Crippen molar-refractivity contribution in [1.29, 1.82) is 0 Å². The molecule has 3 aromatic rings. The lowest BCUT2D eigenvalue weighted by Gasteiger charge is -2.25. The molecule has 0 bridgehead atoms. The fraction of sp³-hybridized carbons (Fsp3) is 0.368. The summed E-state index contributed by atoms with van der Waals surface area (Å²) >= 11 is 0. The van der Waals surface area contributed by atoms with Crippen molar-refractivity contribution >= 4 is 22.6 Å². The van der Waals surface area contributed by atoms with E-state index in [9.17, 15) is 4.79 Å². The standard InChI is InChI=1S/C19H22N6O/c1-24-12-16(11-20-24)14-5-6-17-15(9-14)10-18(23-22-17)21-19(26)13-25-7-3-2-4-8-25/h5-6,9-12H,2-4,7-8,13H2,1H3,(H,21,23,26). The molecule has 0 radical (unpaired) electrons. The molecule has 26 heavy (non-hydrogen) atoms. The summed E-state index contributed by atoms with van der Waals surface area (Å²) in [5, 5.41) is 16.4. The molecular weight excluding hydrogens is 328 g/mol. The van der Waals surface area contributed by atoms with Crippen LogP contribution in [0.1, 0.15) is 19.3 Å². The number of hydrogen-bond acceptors (Lipinski definition) is 5. The van der Waals surface area contributed by atoms with Gasteiger partial charge in [0.2, 0.25) is 5.91 Å². The van der Waals surface area contributed by atoms with E-state index < -0.39 is 0 Å². The van der Waals surface area contributed by atoms with E-state index in [1.54, 1.807) is 4.68 Å². The third-order valence-corrected chi connectivity index (χ3v) is 4.71. The number of hydrogen-bond donors (Lipinski definition) is 1. The van der Waals surface area contributed by atoms with E-state index in [1.807, 2.05) is 43.7 Å². The van der Waals surface area contributed by atoms with Gasteiger partial charge in [-0.1, -0.05) is 12.5 Å². The number of nitrogens with zero attached hydrogens (tertiary/aromatic N) is 5. The lowest BCUT2D eigenvalue weighted by molar-refractivity contribution is -0.117. The van der Waals surface area contributed by atoms with Gasteiger partial charge >= 0.3 is 0 Å². The Morgan fingerprint density at radius 3 is 2.73 bits per heavy atom. The molecule has 7 nitrogen and oxygen atoms in total. The average Bonchev–Trinajstić information content (AvgIpc) is 3.08. The van der Waals surface area contributed by atoms with E-state index in [0.717, 1.165) is 35.1 Å². The number of benzene rings is 1. The van der Waals surface area contributed by atoms with Crippen LogP contribution in [0.25, 0.3) is 22.0 Å². The highest BCUT2D eigenvalue weighted by molar-refractivity contribution is 5.93. The molecule has 1 N–H and O–H groups in total. The first-order valence-corrected chi connectivity index (χ1v) is 8.96. The highest BCUT2D eigenvalue weighted by atomic mass is 16.2. The smallest absolute Gasteiger partial charge is 0.239 e. The van der Waals surface area contributed by atoms with Crippen LogP contribution in [0, 0.1) is 0 Å². The van der Waals surface area contributed by atoms with Crippen molar-refractivity contribution in [2.75, 3.05) is 25.0 Å². The van der Waals surface area contributed by atoms with Crippen LogP contribution >= 0.6 is 0 Å². The first kappa shape index (κ1) is 16.7. The van der Waals surface area contributed by atoms with Gasteiger partial charge in [-0.25, -0.2) is 0 Å². The predicted molar refractivity (Wildman–Crippen MR) is 101 cm³/mol. The quantitative estimate of drug-likeness (QED) is 0.782. The van der Waals surface area contributed by atoms with Crippen LogP contribution in [0.4, 0.5) is 5.82 Å². The van der Waals surface area contributed by atoms with Gasteiger partial charge in [-0.05, 0) is 49.7 Å². The molecule has 0 spiro atoms. The van der Waals surface area contributed by atoms with Crippen molar-refractivity contribution in [1.82, 2.24) is 24.9 Å². The monoisotopic (exact) mass is 350 g/mol. The molecule has 2 aromatic heterocycles. The molecule has 7 heteroatoms. The van der Waals surface area contributed by atoms with E-state index in [-0.39, 0.29) is 5.91 Å². The van der Waals surface area contributed by atoms with Gasteiger partial charge in [-0.2, -0.15) is 5.10 Å². The summed E-state index contributed by atoms with van der Waals surface area (Å²) < 4.78 is 1.77. The molecule has 1 aliphatic rings. The second-order valence-corrected chi connectivity index (χ2v) is 6.79. The second-order valence-electron chi connectivity index (χ2n) is 6.79. The maximum Gasteiger partial charge on any atom is 0.239 e. The molecule has 134 valence electrons. The molecule has 0 saturated carbocycles. The SMILES string of the molecule is Cn1cc(-c2ccc3nnc(NC(=O)CN4CCCCC4)cc3c2)cn1. The molecule has 0 aliphatic carbocycles. The predicted octanol–water partition coefficient (Wildman–Crippen LogP) is 2.45. The molecule has 1 saturated heterocycles. The Labute approximate surface area is 152 Å². The molecule has 0 atom stereocenters. The average molecular weight is 350 g/mol. The molecule has 3 heterocycles. The van der Waals surface area contributed by atoms with Crippen molar-refractivity contribution in [3.05, 3.63) is 36.7 Å². The van der Waals surface area contributed by atoms with Gasteiger partial charge in [0, 0.05) is 24.2 Å². The molecule has 1 aromatic carbocycles. The number of anilines is 1. The Morgan fingerprint density at radius 1 is 1.12 bits per heavy atom. The number of piperidine rings is 1. The van der Waals surface area contributed by atoms with Crippen molar-refractivity contribution in [2.24, 2.45) is 7.05 Å². The molecule has 1 amide bonds. The van der Waals surface area contributed by atoms with Crippen LogP contribution in [-0.4, -0.2) is 50.4 Å². The topological polar surface area (TPSA) is 75.9 Å². The number of amides is 1. The van der Waals surface area contributed by atoms with Gasteiger partial charge < -0.3 is 5.32 Å². The Bertz CT molecular complexity index is 929. The minimum absolute atomic E-state index is 0.0380. The summed E-state index contributed by atoms with van der Waals surface area (Å²) in [5.74, 6) is 0.451. The van der Waals surface area contributed by atoms with Gasteiger partial charge in [-0.15, -0.1) is 10.2 Å². The normalized spacial score (nSPS) is 15.3. The first-order valence-electron chi connectivity index (χ1n) is 8.96. The molecule has 0 unspecified atom stereocenters. The lowest BCUT2D eigenvalue weighted by Crippen LogP contribution is -2.37. The fourth-order valence-electron chi connectivity index (χ4n) is 3.36. The highest BCUT2D eigenvalue weighted by Gasteiger charge is 2.14. The summed E-state index contributed by atoms with van der Waals surface area (Å²) in [6.45, 7) is 2.39. The molecule has 1 aliphatic heterocycles. The van der Waals surface area contributed by atoms with Gasteiger partial charge in [0.05, 0.1) is 18.3 Å². The number of aromatic nitrogens is 4. The fourth-order valence-corrected chi connectivity index (χ4v) is 3.36. The number of rotatable bonds is 4. The summed E-state index contributed by atoms with van der Waals surface area (Å²) in [7, 11) is 1.89. The van der Waals surface area contributed by atoms with Crippen LogP contribution in [0.2, 0.25) is 0 Å². The lowest BCUT2D eigenvalue weighted by atomic mass is 10.1. The minimum atomic E-state index is -0.0380. The van der Waals surface area contributed by atoms with Gasteiger partial charge in [-0.3, -0.25) is 14.4 Å². The van der Waals surface area contributed by atoms with Crippen molar-refractivity contribution in [2.45, 2.75) is 19.3 Å². The van der Waals surface area contributed by atoms with Gasteiger partial charge in [0.15, 0.2) is 5.82 Å². The molecule has 4 rings (SSSR count). The van der Waals surface area contributed by atoms with Crippen LogP contribution in [0.3, 0.4) is 0 Å². The number of carbonyl (C=O) groups is 1. The van der Waals surface area contributed by atoms with E-state index in [1.165, 1.54) is 19.3 Å². The van der Waals surface area contributed by atoms with Crippen LogP contribution in [-0.2, 0) is 11.8 Å². The summed E-state index contributed by atoms with van der Waals surface area (Å²) in [4.78, 5) is 14.5. The number of aryl methyl sites for hydroxylation is 1. The largest absolute Gasteiger partial charge is 0.308 e. The van der Waals surface area contributed by atoms with E-state index in [2.05, 4.69) is 25.5 Å². The Hall–Kier alpha value is -2.80. The summed E-state index contributed by atoms with van der Waals surface area (Å²) in [6, 6.07) is 7.85. The van der Waals surface area contributed by atoms with Crippen LogP contribution in [0.5, 0.6) is 0 Å². The summed E-state index contributed by atoms with van der Waals surface area (Å²) in [5.41, 5.74) is 2.90. The maximum absolute atomic E-state index is 12.3. The van der Waals surface area contributed by atoms with E-state index in [0.29, 0.717) is 12.4 Å². The molecular formula is C19H22N6O. The number of carbonyl (C=O) groups excluding carboxylic acids is 1. The second kappa shape index (κ2) is 7.21. The van der Waals surface area contributed by atoms with Crippen molar-refractivity contribution < 1.29 is 4.79 Å². The number of fused-ring (bicyclic) bond motifs is 1. The van der Waals surface area contributed by atoms with Crippen LogP contribution in [0.15, 0.2) is 36.7 Å². The van der Waals surface area contributed by atoms with Crippen molar-refractivity contribution in [3.63, 3.8) is 0 Å².